The first-order valence-electron chi connectivity index (χ1n) is 3.93. The molecule has 0 aromatic carbocycles. The summed E-state index contributed by atoms with van der Waals surface area (Å²) in [5, 5.41) is 3.91. The summed E-state index contributed by atoms with van der Waals surface area (Å²) < 4.78 is 5.99. The van der Waals surface area contributed by atoms with Crippen LogP contribution in [0.2, 0.25) is 0 Å². The molecule has 1 aromatic rings. The largest absolute Gasteiger partial charge is 0.464 e. The molecule has 5 nitrogen and oxygen atoms in total. The molecule has 0 N–H and O–H groups in total. The molecule has 0 aliphatic rings. The molecule has 0 saturated heterocycles. The Kier molecular flexibility index (Phi) is 3.17. The van der Waals surface area contributed by atoms with Crippen LogP contribution in [0, 0.1) is 0 Å². The molecule has 0 unspecified atom stereocenters. The molecule has 0 spiro atoms. The van der Waals surface area contributed by atoms with Crippen LogP contribution in [0.15, 0.2) is 12.1 Å². The minimum Gasteiger partial charge on any atom is -0.464 e. The Hall–Kier alpha value is -1.91. The lowest BCUT2D eigenvalue weighted by Gasteiger charge is -1.91. The Labute approximate surface area is 81.0 Å². The predicted octanol–water partition coefficient (Wildman–Crippen LogP) is 0.419. The van der Waals surface area contributed by atoms with Crippen molar-refractivity contribution in [3.8, 4) is 0 Å². The summed E-state index contributed by atoms with van der Waals surface area (Å²) in [7, 11) is 2.97. The van der Waals surface area contributed by atoms with Crippen LogP contribution in [0.4, 0.5) is 0 Å². The van der Waals surface area contributed by atoms with Gasteiger partial charge in [0.15, 0.2) is 5.69 Å². The topological polar surface area (TPSA) is 61.2 Å². The second kappa shape index (κ2) is 4.36. The number of aromatic nitrogens is 2. The van der Waals surface area contributed by atoms with Gasteiger partial charge in [0.05, 0.1) is 12.8 Å². The Morgan fingerprint density at radius 3 is 2.93 bits per heavy atom. The molecule has 14 heavy (non-hydrogen) atoms. The summed E-state index contributed by atoms with van der Waals surface area (Å²) in [4.78, 5) is 21.1. The summed E-state index contributed by atoms with van der Waals surface area (Å²) in [6.07, 6.45) is 3.55. The number of nitrogens with zero attached hydrogens (tertiary/aromatic N) is 2. The Bertz CT molecular complexity index is 379. The number of carbonyl (C=O) groups excluding carboxylic acids is 2. The van der Waals surface area contributed by atoms with Crippen LogP contribution in [0.1, 0.15) is 16.2 Å². The van der Waals surface area contributed by atoms with Gasteiger partial charge in [-0.3, -0.25) is 9.48 Å². The Morgan fingerprint density at radius 2 is 2.36 bits per heavy atom. The summed E-state index contributed by atoms with van der Waals surface area (Å²) in [5.41, 5.74) is 0.887. The summed E-state index contributed by atoms with van der Waals surface area (Å²) in [6.45, 7) is 0. The summed E-state index contributed by atoms with van der Waals surface area (Å²) >= 11 is 0. The molecule has 1 rings (SSSR count). The maximum atomic E-state index is 11.1. The second-order valence-electron chi connectivity index (χ2n) is 2.56. The van der Waals surface area contributed by atoms with Crippen molar-refractivity contribution in [2.45, 2.75) is 0 Å². The lowest BCUT2D eigenvalue weighted by molar-refractivity contribution is -0.104. The first-order chi connectivity index (χ1) is 6.69. The van der Waals surface area contributed by atoms with E-state index in [-0.39, 0.29) is 5.69 Å². The fourth-order valence-corrected chi connectivity index (χ4v) is 0.980. The average molecular weight is 194 g/mol. The van der Waals surface area contributed by atoms with Gasteiger partial charge in [-0.2, -0.15) is 5.10 Å². The van der Waals surface area contributed by atoms with Crippen molar-refractivity contribution in [3.05, 3.63) is 23.5 Å². The number of hydrogen-bond acceptors (Lipinski definition) is 4. The van der Waals surface area contributed by atoms with Crippen LogP contribution in [-0.4, -0.2) is 29.1 Å². The molecule has 0 aliphatic carbocycles. The number of hydrogen-bond donors (Lipinski definition) is 0. The fourth-order valence-electron chi connectivity index (χ4n) is 0.980. The molecule has 0 amide bonds. The number of aryl methyl sites for hydroxylation is 1. The minimum atomic E-state index is -0.494. The fraction of sp³-hybridized carbons (Fsp3) is 0.222. The van der Waals surface area contributed by atoms with Gasteiger partial charge in [0.2, 0.25) is 0 Å². The van der Waals surface area contributed by atoms with E-state index in [0.29, 0.717) is 12.0 Å². The van der Waals surface area contributed by atoms with Gasteiger partial charge in [-0.1, -0.05) is 0 Å². The smallest absolute Gasteiger partial charge is 0.358 e. The van der Waals surface area contributed by atoms with Crippen molar-refractivity contribution >= 4 is 18.3 Å². The standard InChI is InChI=1S/C9H10N2O3/c1-11-7(4-3-5-12)6-8(10-11)9(13)14-2/h3-6H,1-2H3/b4-3+. The van der Waals surface area contributed by atoms with Crippen molar-refractivity contribution in [2.24, 2.45) is 7.05 Å². The first-order valence-corrected chi connectivity index (χ1v) is 3.93. The van der Waals surface area contributed by atoms with Gasteiger partial charge >= 0.3 is 5.97 Å². The second-order valence-corrected chi connectivity index (χ2v) is 2.56. The van der Waals surface area contributed by atoms with Gasteiger partial charge in [0, 0.05) is 7.05 Å². The van der Waals surface area contributed by atoms with E-state index in [0.717, 1.165) is 0 Å². The molecular formula is C9H10N2O3. The molecule has 0 bridgehead atoms. The van der Waals surface area contributed by atoms with Gasteiger partial charge in [0.1, 0.15) is 6.29 Å². The molecule has 0 fully saturated rings. The number of esters is 1. The number of allylic oxidation sites excluding steroid dienone is 1. The van der Waals surface area contributed by atoms with Crippen LogP contribution in [0.5, 0.6) is 0 Å². The monoisotopic (exact) mass is 194 g/mol. The van der Waals surface area contributed by atoms with E-state index in [9.17, 15) is 9.59 Å². The molecule has 1 heterocycles. The summed E-state index contributed by atoms with van der Waals surface area (Å²) in [5.74, 6) is -0.494. The lowest BCUT2D eigenvalue weighted by atomic mass is 10.3. The zero-order chi connectivity index (χ0) is 10.6. The third-order valence-electron chi connectivity index (χ3n) is 1.66. The number of ether oxygens (including phenoxy) is 1. The molecule has 0 aliphatic heterocycles. The lowest BCUT2D eigenvalue weighted by Crippen LogP contribution is -2.02. The molecular weight excluding hydrogens is 184 g/mol. The van der Waals surface area contributed by atoms with Crippen molar-refractivity contribution in [1.29, 1.82) is 0 Å². The molecule has 5 heteroatoms. The van der Waals surface area contributed by atoms with Crippen molar-refractivity contribution in [2.75, 3.05) is 7.11 Å². The number of rotatable bonds is 3. The van der Waals surface area contributed by atoms with Crippen LogP contribution < -0.4 is 0 Å². The van der Waals surface area contributed by atoms with Gasteiger partial charge in [0.25, 0.3) is 0 Å². The first kappa shape index (κ1) is 10.2. The van der Waals surface area contributed by atoms with E-state index in [1.807, 2.05) is 0 Å². The van der Waals surface area contributed by atoms with Crippen LogP contribution >= 0.6 is 0 Å². The van der Waals surface area contributed by atoms with E-state index in [4.69, 9.17) is 0 Å². The van der Waals surface area contributed by atoms with Gasteiger partial charge < -0.3 is 4.74 Å². The van der Waals surface area contributed by atoms with E-state index in [2.05, 4.69) is 9.84 Å². The third-order valence-corrected chi connectivity index (χ3v) is 1.66. The quantitative estimate of drug-likeness (QED) is 0.397. The molecule has 0 atom stereocenters. The highest BCUT2D eigenvalue weighted by Crippen LogP contribution is 2.05. The van der Waals surface area contributed by atoms with E-state index in [1.54, 1.807) is 19.2 Å². The maximum absolute atomic E-state index is 11.1. The predicted molar refractivity (Wildman–Crippen MR) is 49.6 cm³/mol. The van der Waals surface area contributed by atoms with Crippen molar-refractivity contribution in [3.63, 3.8) is 0 Å². The highest BCUT2D eigenvalue weighted by molar-refractivity contribution is 5.88. The summed E-state index contributed by atoms with van der Waals surface area (Å²) in [6, 6.07) is 1.55. The zero-order valence-corrected chi connectivity index (χ0v) is 7.93. The molecule has 0 saturated carbocycles. The number of carbonyl (C=O) groups is 2. The highest BCUT2D eigenvalue weighted by Gasteiger charge is 2.10. The Balaban J connectivity index is 2.98. The normalized spacial score (nSPS) is 10.4. The number of aldehydes is 1. The van der Waals surface area contributed by atoms with Crippen molar-refractivity contribution in [1.82, 2.24) is 9.78 Å². The van der Waals surface area contributed by atoms with Crippen molar-refractivity contribution < 1.29 is 14.3 Å². The Morgan fingerprint density at radius 1 is 1.64 bits per heavy atom. The van der Waals surface area contributed by atoms with E-state index >= 15 is 0 Å². The van der Waals surface area contributed by atoms with Gasteiger partial charge in [-0.25, -0.2) is 4.79 Å². The zero-order valence-electron chi connectivity index (χ0n) is 7.93. The van der Waals surface area contributed by atoms with Crippen LogP contribution in [0.25, 0.3) is 6.08 Å². The highest BCUT2D eigenvalue weighted by atomic mass is 16.5. The maximum Gasteiger partial charge on any atom is 0.358 e. The SMILES string of the molecule is COC(=O)c1cc(/C=C/C=O)n(C)n1. The van der Waals surface area contributed by atoms with E-state index < -0.39 is 5.97 Å². The van der Waals surface area contributed by atoms with Gasteiger partial charge in [-0.15, -0.1) is 0 Å². The van der Waals surface area contributed by atoms with E-state index in [1.165, 1.54) is 17.9 Å². The van der Waals surface area contributed by atoms with Crippen LogP contribution in [0.3, 0.4) is 0 Å². The molecule has 0 radical (unpaired) electrons. The molecule has 74 valence electrons. The molecule has 1 aromatic heterocycles. The third kappa shape index (κ3) is 2.07. The van der Waals surface area contributed by atoms with Gasteiger partial charge in [-0.05, 0) is 18.2 Å². The minimum absolute atomic E-state index is 0.223. The average Bonchev–Trinajstić information content (AvgIpc) is 2.56. The number of methoxy groups -OCH3 is 1. The van der Waals surface area contributed by atoms with Crippen LogP contribution in [-0.2, 0) is 16.6 Å².